The number of benzene rings is 1. The Kier molecular flexibility index (Phi) is 5.28. The van der Waals surface area contributed by atoms with Gasteiger partial charge in [0.15, 0.2) is 0 Å². The van der Waals surface area contributed by atoms with Crippen molar-refractivity contribution in [3.05, 3.63) is 50.7 Å². The van der Waals surface area contributed by atoms with Crippen LogP contribution < -0.4 is 10.2 Å². The van der Waals surface area contributed by atoms with Crippen molar-refractivity contribution < 1.29 is 19.1 Å². The smallest absolute Gasteiger partial charge is 0.415 e. The summed E-state index contributed by atoms with van der Waals surface area (Å²) in [5, 5.41) is 3.12. The molecule has 2 amide bonds. The van der Waals surface area contributed by atoms with Gasteiger partial charge < -0.3 is 10.1 Å². The standard InChI is InChI=1S/C27H30N2O4S/c1-16-2-8-19(9-3-16)29-15-27(33-26(29)32)11-10-22-20(13-27)24(25(31)28-14-17-4-5-17)23(34-22)12-21(30)18-6-7-18/h2-3,8-9,17-18H,4-7,10-15H2,1H3,(H,28,31). The Bertz CT molecular complexity index is 1160. The minimum absolute atomic E-state index is 0.0697. The highest BCUT2D eigenvalue weighted by Crippen LogP contribution is 2.44. The number of nitrogens with zero attached hydrogens (tertiary/aromatic N) is 1. The molecule has 1 saturated heterocycles. The molecule has 7 heteroatoms. The van der Waals surface area contributed by atoms with Gasteiger partial charge >= 0.3 is 6.09 Å². The van der Waals surface area contributed by atoms with E-state index >= 15 is 0 Å². The molecule has 1 unspecified atom stereocenters. The third kappa shape index (κ3) is 4.15. The Hall–Kier alpha value is -2.67. The van der Waals surface area contributed by atoms with E-state index in [-0.39, 0.29) is 23.7 Å². The van der Waals surface area contributed by atoms with Gasteiger partial charge in [-0.15, -0.1) is 11.3 Å². The number of Topliss-reactive ketones (excluding diaryl/α,β-unsaturated/α-hetero) is 1. The van der Waals surface area contributed by atoms with Crippen molar-refractivity contribution in [3.8, 4) is 0 Å². The Morgan fingerprint density at radius 3 is 2.65 bits per heavy atom. The predicted molar refractivity (Wildman–Crippen MR) is 131 cm³/mol. The number of hydrogen-bond donors (Lipinski definition) is 1. The van der Waals surface area contributed by atoms with Gasteiger partial charge in [-0.25, -0.2) is 4.79 Å². The summed E-state index contributed by atoms with van der Waals surface area (Å²) in [4.78, 5) is 42.6. The number of hydrogen-bond acceptors (Lipinski definition) is 5. The first-order valence-corrected chi connectivity index (χ1v) is 13.2. The predicted octanol–water partition coefficient (Wildman–Crippen LogP) is 4.60. The highest BCUT2D eigenvalue weighted by atomic mass is 32.1. The van der Waals surface area contributed by atoms with Crippen molar-refractivity contribution in [2.75, 3.05) is 18.0 Å². The number of thiophene rings is 1. The van der Waals surface area contributed by atoms with Crippen LogP contribution in [0.3, 0.4) is 0 Å². The minimum Gasteiger partial charge on any atom is -0.440 e. The molecule has 1 aliphatic heterocycles. The lowest BCUT2D eigenvalue weighted by molar-refractivity contribution is -0.119. The second-order valence-corrected chi connectivity index (χ2v) is 11.7. The van der Waals surface area contributed by atoms with Crippen LogP contribution in [0.1, 0.15) is 63.3 Å². The lowest BCUT2D eigenvalue weighted by Crippen LogP contribution is -2.41. The lowest BCUT2D eigenvalue weighted by atomic mass is 9.82. The molecule has 1 N–H and O–H groups in total. The first-order chi connectivity index (χ1) is 16.4. The van der Waals surface area contributed by atoms with Crippen LogP contribution in [-0.2, 0) is 28.8 Å². The molecule has 1 spiro atoms. The van der Waals surface area contributed by atoms with E-state index in [0.29, 0.717) is 37.4 Å². The molecular weight excluding hydrogens is 448 g/mol. The summed E-state index contributed by atoms with van der Waals surface area (Å²) >= 11 is 1.62. The summed E-state index contributed by atoms with van der Waals surface area (Å²) in [6, 6.07) is 7.90. The molecule has 2 aromatic rings. The highest BCUT2D eigenvalue weighted by Gasteiger charge is 2.49. The quantitative estimate of drug-likeness (QED) is 0.631. The van der Waals surface area contributed by atoms with E-state index in [1.807, 2.05) is 31.2 Å². The minimum atomic E-state index is -0.640. The Morgan fingerprint density at radius 1 is 1.18 bits per heavy atom. The van der Waals surface area contributed by atoms with Gasteiger partial charge in [0.1, 0.15) is 11.4 Å². The van der Waals surface area contributed by atoms with Crippen LogP contribution in [0, 0.1) is 18.8 Å². The molecule has 0 bridgehead atoms. The van der Waals surface area contributed by atoms with E-state index in [2.05, 4.69) is 5.32 Å². The maximum Gasteiger partial charge on any atom is 0.415 e. The summed E-state index contributed by atoms with van der Waals surface area (Å²) in [6.07, 6.45) is 6.32. The summed E-state index contributed by atoms with van der Waals surface area (Å²) in [7, 11) is 0. The van der Waals surface area contributed by atoms with Crippen molar-refractivity contribution in [3.63, 3.8) is 0 Å². The number of amides is 2. The molecule has 1 aromatic carbocycles. The average Bonchev–Trinajstić information content (AvgIpc) is 3.74. The van der Waals surface area contributed by atoms with E-state index in [1.165, 1.54) is 17.7 Å². The van der Waals surface area contributed by atoms with E-state index in [4.69, 9.17) is 4.74 Å². The molecular formula is C27H30N2O4S. The van der Waals surface area contributed by atoms with Crippen molar-refractivity contribution in [2.45, 2.75) is 63.9 Å². The summed E-state index contributed by atoms with van der Waals surface area (Å²) in [5.74, 6) is 0.939. The van der Waals surface area contributed by atoms with Gasteiger partial charge in [-0.3, -0.25) is 14.5 Å². The second kappa shape index (κ2) is 8.22. The van der Waals surface area contributed by atoms with Crippen molar-refractivity contribution in [1.29, 1.82) is 0 Å². The third-order valence-electron chi connectivity index (χ3n) is 7.63. The fourth-order valence-corrected chi connectivity index (χ4v) is 6.55. The average molecular weight is 479 g/mol. The van der Waals surface area contributed by atoms with Gasteiger partial charge in [-0.1, -0.05) is 17.7 Å². The van der Waals surface area contributed by atoms with Crippen LogP contribution in [-0.4, -0.2) is 36.5 Å². The van der Waals surface area contributed by atoms with E-state index < -0.39 is 5.60 Å². The number of carbonyl (C=O) groups excluding carboxylic acids is 3. The second-order valence-electron chi connectivity index (χ2n) is 10.5. The van der Waals surface area contributed by atoms with Crippen molar-refractivity contribution >= 4 is 34.8 Å². The number of ether oxygens (including phenoxy) is 1. The maximum atomic E-state index is 13.3. The van der Waals surface area contributed by atoms with Crippen molar-refractivity contribution in [2.24, 2.45) is 11.8 Å². The molecule has 34 heavy (non-hydrogen) atoms. The molecule has 3 fully saturated rings. The molecule has 4 aliphatic rings. The Balaban J connectivity index is 1.28. The number of anilines is 1. The number of aryl methyl sites for hydroxylation is 2. The van der Waals surface area contributed by atoms with E-state index in [9.17, 15) is 14.4 Å². The number of fused-ring (bicyclic) bond motifs is 1. The van der Waals surface area contributed by atoms with E-state index in [0.717, 1.165) is 47.4 Å². The zero-order valence-corrected chi connectivity index (χ0v) is 20.3. The molecule has 2 heterocycles. The number of carbonyl (C=O) groups is 3. The monoisotopic (exact) mass is 478 g/mol. The Labute approximate surface area is 203 Å². The lowest BCUT2D eigenvalue weighted by Gasteiger charge is -2.31. The van der Waals surface area contributed by atoms with Crippen LogP contribution in [0.4, 0.5) is 10.5 Å². The summed E-state index contributed by atoms with van der Waals surface area (Å²) in [6.45, 7) is 3.19. The topological polar surface area (TPSA) is 75.7 Å². The largest absolute Gasteiger partial charge is 0.440 e. The molecule has 0 radical (unpaired) electrons. The highest BCUT2D eigenvalue weighted by molar-refractivity contribution is 7.12. The van der Waals surface area contributed by atoms with Gasteiger partial charge in [0.2, 0.25) is 0 Å². The maximum absolute atomic E-state index is 13.3. The normalized spacial score (nSPS) is 23.7. The fourth-order valence-electron chi connectivity index (χ4n) is 5.22. The number of rotatable bonds is 7. The van der Waals surface area contributed by atoms with Crippen LogP contribution in [0.5, 0.6) is 0 Å². The Morgan fingerprint density at radius 2 is 1.94 bits per heavy atom. The molecule has 6 nitrogen and oxygen atoms in total. The molecule has 1 aromatic heterocycles. The summed E-state index contributed by atoms with van der Waals surface area (Å²) < 4.78 is 6.02. The van der Waals surface area contributed by atoms with Crippen LogP contribution >= 0.6 is 11.3 Å². The zero-order chi connectivity index (χ0) is 23.4. The van der Waals surface area contributed by atoms with Crippen LogP contribution in [0.2, 0.25) is 0 Å². The summed E-state index contributed by atoms with van der Waals surface area (Å²) in [5.41, 5.74) is 3.00. The van der Waals surface area contributed by atoms with Crippen LogP contribution in [0.15, 0.2) is 24.3 Å². The number of nitrogens with one attached hydrogen (secondary N) is 1. The van der Waals surface area contributed by atoms with Crippen LogP contribution in [0.25, 0.3) is 0 Å². The molecule has 178 valence electrons. The first-order valence-electron chi connectivity index (χ1n) is 12.4. The molecule has 2 saturated carbocycles. The van der Waals surface area contributed by atoms with Gasteiger partial charge in [-0.05, 0) is 69.1 Å². The van der Waals surface area contributed by atoms with Gasteiger partial charge in [0.25, 0.3) is 5.91 Å². The SMILES string of the molecule is Cc1ccc(N2CC3(CCc4sc(CC(=O)C5CC5)c(C(=O)NCC5CC5)c4C3)OC2=O)cc1. The fraction of sp³-hybridized carbons (Fsp3) is 0.519. The van der Waals surface area contributed by atoms with Gasteiger partial charge in [0.05, 0.1) is 12.1 Å². The molecule has 6 rings (SSSR count). The molecule has 3 aliphatic carbocycles. The van der Waals surface area contributed by atoms with Gasteiger partial charge in [-0.2, -0.15) is 0 Å². The zero-order valence-electron chi connectivity index (χ0n) is 19.5. The van der Waals surface area contributed by atoms with Gasteiger partial charge in [0, 0.05) is 40.7 Å². The first kappa shape index (κ1) is 21.8. The van der Waals surface area contributed by atoms with Crippen molar-refractivity contribution in [1.82, 2.24) is 5.32 Å². The third-order valence-corrected chi connectivity index (χ3v) is 8.92. The molecule has 1 atom stereocenters. The number of ketones is 1. The van der Waals surface area contributed by atoms with E-state index in [1.54, 1.807) is 16.2 Å².